The van der Waals surface area contributed by atoms with Gasteiger partial charge in [-0.15, -0.1) is 0 Å². The number of ketones is 1. The monoisotopic (exact) mass is 342 g/mol. The second kappa shape index (κ2) is 6.33. The van der Waals surface area contributed by atoms with Crippen LogP contribution >= 0.6 is 0 Å². The van der Waals surface area contributed by atoms with Gasteiger partial charge in [-0.25, -0.2) is 4.79 Å². The molecular formula is C18H22N4O3. The van der Waals surface area contributed by atoms with Crippen molar-refractivity contribution in [3.63, 3.8) is 0 Å². The van der Waals surface area contributed by atoms with Crippen LogP contribution in [0.3, 0.4) is 0 Å². The Morgan fingerprint density at radius 2 is 1.92 bits per heavy atom. The van der Waals surface area contributed by atoms with E-state index < -0.39 is 23.1 Å². The lowest BCUT2D eigenvalue weighted by Gasteiger charge is -2.20. The molecule has 7 heteroatoms. The zero-order valence-corrected chi connectivity index (χ0v) is 14.6. The van der Waals surface area contributed by atoms with Crippen LogP contribution < -0.4 is 22.3 Å². The summed E-state index contributed by atoms with van der Waals surface area (Å²) in [4.78, 5) is 37.1. The van der Waals surface area contributed by atoms with Crippen molar-refractivity contribution in [2.75, 3.05) is 5.73 Å². The zero-order valence-electron chi connectivity index (χ0n) is 14.6. The lowest BCUT2D eigenvalue weighted by atomic mass is 10.0. The number of hydrogen-bond donors (Lipinski definition) is 2. The van der Waals surface area contributed by atoms with Crippen LogP contribution in [0.25, 0.3) is 0 Å². The van der Waals surface area contributed by atoms with Gasteiger partial charge >= 0.3 is 5.69 Å². The molecule has 0 saturated heterocycles. The summed E-state index contributed by atoms with van der Waals surface area (Å²) in [5.74, 6) is -0.503. The predicted octanol–water partition coefficient (Wildman–Crippen LogP) is 0.515. The molecule has 1 aromatic carbocycles. The van der Waals surface area contributed by atoms with E-state index in [9.17, 15) is 14.4 Å². The highest BCUT2D eigenvalue weighted by Crippen LogP contribution is 2.31. The van der Waals surface area contributed by atoms with E-state index in [4.69, 9.17) is 5.73 Å². The van der Waals surface area contributed by atoms with Crippen LogP contribution in [-0.4, -0.2) is 21.0 Å². The number of anilines is 1. The summed E-state index contributed by atoms with van der Waals surface area (Å²) in [6, 6.07) is 7.59. The average molecular weight is 342 g/mol. The summed E-state index contributed by atoms with van der Waals surface area (Å²) in [6.07, 6.45) is 1.86. The quantitative estimate of drug-likeness (QED) is 0.789. The number of fused-ring (bicyclic) bond motifs is 1. The van der Waals surface area contributed by atoms with Crippen molar-refractivity contribution >= 4 is 11.6 Å². The van der Waals surface area contributed by atoms with Gasteiger partial charge in [-0.1, -0.05) is 24.3 Å². The van der Waals surface area contributed by atoms with Crippen molar-refractivity contribution in [2.45, 2.75) is 31.8 Å². The molecule has 1 aliphatic rings. The average Bonchev–Trinajstić information content (AvgIpc) is 3.01. The molecule has 3 rings (SSSR count). The number of nitrogen functional groups attached to an aromatic ring is 1. The van der Waals surface area contributed by atoms with Crippen LogP contribution in [0.5, 0.6) is 0 Å². The Morgan fingerprint density at radius 1 is 1.24 bits per heavy atom. The first-order chi connectivity index (χ1) is 11.8. The van der Waals surface area contributed by atoms with E-state index in [0.29, 0.717) is 0 Å². The first-order valence-electron chi connectivity index (χ1n) is 8.26. The Bertz CT molecular complexity index is 958. The maximum atomic E-state index is 12.8. The Hall–Kier alpha value is -2.67. The molecule has 0 spiro atoms. The molecule has 3 N–H and O–H groups in total. The van der Waals surface area contributed by atoms with E-state index in [1.54, 1.807) is 6.92 Å². The van der Waals surface area contributed by atoms with Crippen molar-refractivity contribution in [3.8, 4) is 0 Å². The lowest BCUT2D eigenvalue weighted by Crippen LogP contribution is -2.45. The molecule has 2 atom stereocenters. The summed E-state index contributed by atoms with van der Waals surface area (Å²) >= 11 is 0. The molecule has 1 aliphatic carbocycles. The highest BCUT2D eigenvalue weighted by Gasteiger charge is 2.29. The molecule has 0 bridgehead atoms. The second-order valence-electron chi connectivity index (χ2n) is 6.51. The van der Waals surface area contributed by atoms with E-state index >= 15 is 0 Å². The van der Waals surface area contributed by atoms with Crippen LogP contribution in [0.1, 0.15) is 40.9 Å². The summed E-state index contributed by atoms with van der Waals surface area (Å²) in [6.45, 7) is 1.72. The van der Waals surface area contributed by atoms with Gasteiger partial charge in [-0.3, -0.25) is 18.7 Å². The fourth-order valence-electron chi connectivity index (χ4n) is 3.42. The smallest absolute Gasteiger partial charge is 0.332 e. The number of nitrogens with one attached hydrogen (secondary N) is 1. The third-order valence-corrected chi connectivity index (χ3v) is 4.93. The number of carbonyl (C=O) groups is 1. The molecule has 7 nitrogen and oxygen atoms in total. The number of aromatic nitrogens is 2. The predicted molar refractivity (Wildman–Crippen MR) is 95.8 cm³/mol. The maximum absolute atomic E-state index is 12.8. The van der Waals surface area contributed by atoms with Crippen LogP contribution in [0.15, 0.2) is 33.9 Å². The number of carbonyl (C=O) groups excluding carboxylic acids is 1. The number of aryl methyl sites for hydroxylation is 1. The van der Waals surface area contributed by atoms with Gasteiger partial charge in [0.05, 0.1) is 6.04 Å². The minimum atomic E-state index is -0.661. The molecule has 0 saturated carbocycles. The molecule has 0 aliphatic heterocycles. The summed E-state index contributed by atoms with van der Waals surface area (Å²) < 4.78 is 2.02. The van der Waals surface area contributed by atoms with Gasteiger partial charge in [0.1, 0.15) is 11.4 Å². The summed E-state index contributed by atoms with van der Waals surface area (Å²) in [5, 5.41) is 3.30. The van der Waals surface area contributed by atoms with Crippen LogP contribution in [0, 0.1) is 0 Å². The van der Waals surface area contributed by atoms with Gasteiger partial charge in [0, 0.05) is 20.1 Å². The normalized spacial score (nSPS) is 17.3. The Balaban J connectivity index is 1.90. The Kier molecular flexibility index (Phi) is 4.34. The van der Waals surface area contributed by atoms with E-state index in [2.05, 4.69) is 17.4 Å². The van der Waals surface area contributed by atoms with Gasteiger partial charge in [0.2, 0.25) is 0 Å². The Labute approximate surface area is 145 Å². The molecule has 1 aromatic heterocycles. The minimum Gasteiger partial charge on any atom is -0.384 e. The number of nitrogens with zero attached hydrogens (tertiary/aromatic N) is 2. The van der Waals surface area contributed by atoms with Gasteiger partial charge < -0.3 is 11.1 Å². The maximum Gasteiger partial charge on any atom is 0.332 e. The molecule has 0 radical (unpaired) electrons. The lowest BCUT2D eigenvalue weighted by molar-refractivity contribution is 0.0942. The van der Waals surface area contributed by atoms with E-state index in [1.807, 2.05) is 12.1 Å². The molecular weight excluding hydrogens is 320 g/mol. The van der Waals surface area contributed by atoms with Crippen molar-refractivity contribution in [1.82, 2.24) is 14.5 Å². The highest BCUT2D eigenvalue weighted by atomic mass is 16.2. The third-order valence-electron chi connectivity index (χ3n) is 4.93. The molecule has 0 fully saturated rings. The number of benzene rings is 1. The van der Waals surface area contributed by atoms with Crippen LogP contribution in [0.2, 0.25) is 0 Å². The minimum absolute atomic E-state index is 0.0627. The van der Waals surface area contributed by atoms with Crippen LogP contribution in [0.4, 0.5) is 5.82 Å². The fraction of sp³-hybridized carbons (Fsp3) is 0.389. The number of rotatable bonds is 4. The van der Waals surface area contributed by atoms with Crippen molar-refractivity contribution < 1.29 is 4.79 Å². The molecule has 0 unspecified atom stereocenters. The number of nitrogens with two attached hydrogens (primary N) is 1. The van der Waals surface area contributed by atoms with E-state index in [-0.39, 0.29) is 17.4 Å². The van der Waals surface area contributed by atoms with Crippen LogP contribution in [-0.2, 0) is 20.5 Å². The first kappa shape index (κ1) is 17.2. The van der Waals surface area contributed by atoms with Gasteiger partial charge in [0.25, 0.3) is 5.56 Å². The van der Waals surface area contributed by atoms with E-state index in [1.165, 1.54) is 25.2 Å². The standard InChI is InChI=1S/C18H22N4O3/c1-10(20-13-9-8-11-6-4-5-7-12(11)13)15(23)14-16(19)21(2)18(25)22(3)17(14)24/h4-7,10,13,20H,8-9,19H2,1-3H3/t10-,13+/m1/s1. The topological polar surface area (TPSA) is 99.1 Å². The largest absolute Gasteiger partial charge is 0.384 e. The van der Waals surface area contributed by atoms with Gasteiger partial charge in [-0.05, 0) is 30.9 Å². The van der Waals surface area contributed by atoms with Gasteiger partial charge in [0.15, 0.2) is 5.78 Å². The molecule has 132 valence electrons. The SMILES string of the molecule is C[C@@H](N[C@H]1CCc2ccccc21)C(=O)c1c(N)n(C)c(=O)n(C)c1=O. The third kappa shape index (κ3) is 2.80. The molecule has 25 heavy (non-hydrogen) atoms. The second-order valence-corrected chi connectivity index (χ2v) is 6.51. The van der Waals surface area contributed by atoms with E-state index in [0.717, 1.165) is 22.0 Å². The summed E-state index contributed by atoms with van der Waals surface area (Å²) in [5.41, 5.74) is 6.98. The highest BCUT2D eigenvalue weighted by molar-refractivity contribution is 6.03. The van der Waals surface area contributed by atoms with Crippen molar-refractivity contribution in [2.24, 2.45) is 14.1 Å². The zero-order chi connectivity index (χ0) is 18.3. The first-order valence-corrected chi connectivity index (χ1v) is 8.26. The number of hydrogen-bond acceptors (Lipinski definition) is 5. The molecule has 1 heterocycles. The van der Waals surface area contributed by atoms with Crippen molar-refractivity contribution in [3.05, 3.63) is 61.8 Å². The number of Topliss-reactive ketones (excluding diaryl/α,β-unsaturated/α-hetero) is 1. The Morgan fingerprint density at radius 3 is 2.64 bits per heavy atom. The van der Waals surface area contributed by atoms with Gasteiger partial charge in [-0.2, -0.15) is 0 Å². The molecule has 0 amide bonds. The summed E-state index contributed by atoms with van der Waals surface area (Å²) in [7, 11) is 2.78. The molecule has 2 aromatic rings. The fourth-order valence-corrected chi connectivity index (χ4v) is 3.42. The van der Waals surface area contributed by atoms with Crippen molar-refractivity contribution in [1.29, 1.82) is 0 Å².